The first-order valence-corrected chi connectivity index (χ1v) is 11.4. The first kappa shape index (κ1) is 23.5. The van der Waals surface area contributed by atoms with Gasteiger partial charge in [0.2, 0.25) is 5.91 Å². The number of amides is 1. The van der Waals surface area contributed by atoms with Crippen molar-refractivity contribution in [3.63, 3.8) is 0 Å². The Morgan fingerprint density at radius 1 is 1.43 bits per heavy atom. The molecular formula is C21H35ClN5O3+. The molecule has 0 aromatic carbocycles. The number of nitrogens with zero attached hydrogens (tertiary/aromatic N) is 1. The van der Waals surface area contributed by atoms with E-state index >= 15 is 0 Å². The van der Waals surface area contributed by atoms with E-state index in [9.17, 15) is 4.79 Å². The second-order valence-electron chi connectivity index (χ2n) is 8.46. The third-order valence-electron chi connectivity index (χ3n) is 6.20. The van der Waals surface area contributed by atoms with Crippen molar-refractivity contribution in [1.29, 1.82) is 0 Å². The maximum atomic E-state index is 13.3. The van der Waals surface area contributed by atoms with Gasteiger partial charge in [-0.3, -0.25) is 4.79 Å². The number of carbonyl (C=O) groups excluding carboxylic acids is 1. The van der Waals surface area contributed by atoms with Crippen molar-refractivity contribution in [2.24, 2.45) is 23.3 Å². The molecule has 9 heteroatoms. The van der Waals surface area contributed by atoms with Crippen molar-refractivity contribution in [3.05, 3.63) is 5.03 Å². The quantitative estimate of drug-likeness (QED) is 0.326. The fraction of sp³-hybridized carbons (Fsp3) is 0.810. The fourth-order valence-electron chi connectivity index (χ4n) is 4.34. The lowest BCUT2D eigenvalue weighted by molar-refractivity contribution is -0.126. The number of hydrogen-bond donors (Lipinski definition) is 4. The average molecular weight is 441 g/mol. The Bertz CT molecular complexity index is 697. The molecule has 168 valence electrons. The van der Waals surface area contributed by atoms with E-state index in [0.29, 0.717) is 36.2 Å². The van der Waals surface area contributed by atoms with Crippen LogP contribution in [0.5, 0.6) is 0 Å². The lowest BCUT2D eigenvalue weighted by Gasteiger charge is -2.35. The summed E-state index contributed by atoms with van der Waals surface area (Å²) in [4.78, 5) is 13.3. The van der Waals surface area contributed by atoms with Gasteiger partial charge in [-0.15, -0.1) is 0 Å². The van der Waals surface area contributed by atoms with E-state index in [-0.39, 0.29) is 24.2 Å². The largest absolute Gasteiger partial charge is 0.379 e. The average Bonchev–Trinajstić information content (AvgIpc) is 3.21. The highest BCUT2D eigenvalue weighted by Gasteiger charge is 2.40. The number of halogens is 1. The van der Waals surface area contributed by atoms with Crippen LogP contribution in [0, 0.1) is 11.8 Å². The molecule has 30 heavy (non-hydrogen) atoms. The SMILES string of the molecule is CCC1CCC(Cl)=C=[N+]=C(C(C(=O)NC2CNCCC2O[C@@H]2CCOC2)C(N)N)C1. The highest BCUT2D eigenvalue weighted by Crippen LogP contribution is 2.23. The van der Waals surface area contributed by atoms with Crippen LogP contribution in [-0.4, -0.2) is 68.2 Å². The van der Waals surface area contributed by atoms with E-state index in [2.05, 4.69) is 28.1 Å². The van der Waals surface area contributed by atoms with Crippen molar-refractivity contribution in [2.75, 3.05) is 26.3 Å². The van der Waals surface area contributed by atoms with Gasteiger partial charge in [0.05, 0.1) is 37.4 Å². The summed E-state index contributed by atoms with van der Waals surface area (Å²) in [6, 6.07) is -0.160. The lowest BCUT2D eigenvalue weighted by atomic mass is 9.86. The molecule has 4 unspecified atom stereocenters. The molecule has 2 fully saturated rings. The minimum Gasteiger partial charge on any atom is -0.379 e. The molecule has 3 aliphatic rings. The Balaban J connectivity index is 1.75. The molecule has 3 heterocycles. The number of rotatable bonds is 7. The van der Waals surface area contributed by atoms with Crippen LogP contribution in [0.4, 0.5) is 0 Å². The zero-order chi connectivity index (χ0) is 21.5. The summed E-state index contributed by atoms with van der Waals surface area (Å²) < 4.78 is 16.1. The molecule has 0 aliphatic carbocycles. The second-order valence-corrected chi connectivity index (χ2v) is 8.92. The van der Waals surface area contributed by atoms with Gasteiger partial charge < -0.3 is 31.6 Å². The zero-order valence-electron chi connectivity index (χ0n) is 17.7. The van der Waals surface area contributed by atoms with Crippen molar-refractivity contribution < 1.29 is 14.3 Å². The maximum Gasteiger partial charge on any atom is 0.327 e. The van der Waals surface area contributed by atoms with Crippen LogP contribution in [0.25, 0.3) is 0 Å². The predicted octanol–water partition coefficient (Wildman–Crippen LogP) is 0.00900. The number of piperidine rings is 1. The Kier molecular flexibility index (Phi) is 8.93. The molecule has 2 saturated heterocycles. The van der Waals surface area contributed by atoms with Gasteiger partial charge in [-0.05, 0) is 42.8 Å². The Morgan fingerprint density at radius 3 is 2.97 bits per heavy atom. The predicted molar refractivity (Wildman–Crippen MR) is 118 cm³/mol. The summed E-state index contributed by atoms with van der Waals surface area (Å²) in [5.74, 6) is 2.29. The molecule has 3 aliphatic heterocycles. The third-order valence-corrected chi connectivity index (χ3v) is 6.47. The summed E-state index contributed by atoms with van der Waals surface area (Å²) in [7, 11) is 0. The molecule has 0 aromatic heterocycles. The van der Waals surface area contributed by atoms with Gasteiger partial charge >= 0.3 is 11.6 Å². The molecule has 0 aromatic rings. The van der Waals surface area contributed by atoms with Gasteiger partial charge in [-0.25, -0.2) is 0 Å². The first-order valence-electron chi connectivity index (χ1n) is 11.1. The van der Waals surface area contributed by atoms with Crippen molar-refractivity contribution in [2.45, 2.75) is 69.9 Å². The Labute approximate surface area is 183 Å². The monoisotopic (exact) mass is 440 g/mol. The lowest BCUT2D eigenvalue weighted by Crippen LogP contribution is -2.59. The zero-order valence-corrected chi connectivity index (χ0v) is 18.5. The standard InChI is InChI=1S/C21H34ClN5O3/c1-2-13-3-4-14(22)10-26-16(9-13)19(20(23)24)21(28)27-17-11-25-7-5-18(17)30-15-6-8-29-12-15/h13,15,17-20,25H,2-9,11-12,23-24H2,1H3/p+1/t13?,15-,17?,18?,19?/m1/s1. The number of allylic oxidation sites excluding steroid dienone is 1. The molecule has 5 atom stereocenters. The van der Waals surface area contributed by atoms with Crippen molar-refractivity contribution >= 4 is 29.1 Å². The maximum absolute atomic E-state index is 13.3. The Morgan fingerprint density at radius 2 is 2.27 bits per heavy atom. The van der Waals surface area contributed by atoms with Gasteiger partial charge in [-0.1, -0.05) is 24.9 Å². The number of nitrogens with one attached hydrogen (secondary N) is 2. The van der Waals surface area contributed by atoms with Crippen LogP contribution in [0.3, 0.4) is 0 Å². The Hall–Kier alpha value is -1.21. The minimum atomic E-state index is -0.861. The van der Waals surface area contributed by atoms with E-state index in [0.717, 1.165) is 45.3 Å². The minimum absolute atomic E-state index is 0.0693. The molecule has 8 nitrogen and oxygen atoms in total. The molecule has 0 saturated carbocycles. The van der Waals surface area contributed by atoms with E-state index in [1.54, 1.807) is 0 Å². The van der Waals surface area contributed by atoms with Crippen LogP contribution >= 0.6 is 11.6 Å². The van der Waals surface area contributed by atoms with Crippen molar-refractivity contribution in [3.8, 4) is 0 Å². The normalized spacial score (nSPS) is 31.0. The van der Waals surface area contributed by atoms with E-state index in [1.807, 2.05) is 0 Å². The van der Waals surface area contributed by atoms with E-state index in [4.69, 9.17) is 32.5 Å². The molecule has 0 bridgehead atoms. The second kappa shape index (κ2) is 11.4. The third kappa shape index (κ3) is 6.39. The molecule has 1 amide bonds. The number of nitrogens with two attached hydrogens (primary N) is 2. The summed E-state index contributed by atoms with van der Waals surface area (Å²) in [6.45, 7) is 4.96. The number of ether oxygens (including phenoxy) is 2. The van der Waals surface area contributed by atoms with Gasteiger partial charge in [0, 0.05) is 13.2 Å². The van der Waals surface area contributed by atoms with Crippen LogP contribution in [-0.2, 0) is 14.3 Å². The van der Waals surface area contributed by atoms with Gasteiger partial charge in [0.1, 0.15) is 5.03 Å². The van der Waals surface area contributed by atoms with E-state index in [1.165, 1.54) is 0 Å². The van der Waals surface area contributed by atoms with Crippen LogP contribution < -0.4 is 26.8 Å². The molecule has 0 radical (unpaired) electrons. The molecule has 6 N–H and O–H groups in total. The highest BCUT2D eigenvalue weighted by molar-refractivity contribution is 6.33. The smallest absolute Gasteiger partial charge is 0.327 e. The topological polar surface area (TPSA) is 126 Å². The molecule has 0 spiro atoms. The van der Waals surface area contributed by atoms with Crippen LogP contribution in [0.1, 0.15) is 45.4 Å². The highest BCUT2D eigenvalue weighted by atomic mass is 35.5. The van der Waals surface area contributed by atoms with Crippen LogP contribution in [0.2, 0.25) is 0 Å². The summed E-state index contributed by atoms with van der Waals surface area (Å²) in [6.07, 6.45) is 4.19. The number of hydrogen-bond acceptors (Lipinski definition) is 6. The summed E-state index contributed by atoms with van der Waals surface area (Å²) >= 11 is 6.20. The summed E-state index contributed by atoms with van der Waals surface area (Å²) in [5, 5.41) is 7.03. The van der Waals surface area contributed by atoms with Crippen LogP contribution in [0.15, 0.2) is 5.03 Å². The van der Waals surface area contributed by atoms with Gasteiger partial charge in [-0.2, -0.15) is 0 Å². The number of carbonyl (C=O) groups is 1. The summed E-state index contributed by atoms with van der Waals surface area (Å²) in [5.41, 5.74) is 12.8. The molecule has 3 rings (SSSR count). The first-order chi connectivity index (χ1) is 14.5. The molecular weight excluding hydrogens is 406 g/mol. The van der Waals surface area contributed by atoms with Crippen molar-refractivity contribution in [1.82, 2.24) is 15.3 Å². The van der Waals surface area contributed by atoms with E-state index < -0.39 is 12.1 Å². The van der Waals surface area contributed by atoms with Gasteiger partial charge in [0.15, 0.2) is 5.92 Å². The van der Waals surface area contributed by atoms with Gasteiger partial charge in [0.25, 0.3) is 0 Å². The fourth-order valence-corrected chi connectivity index (χ4v) is 4.49.